The first-order chi connectivity index (χ1) is 8.43. The summed E-state index contributed by atoms with van der Waals surface area (Å²) in [5.74, 6) is 0.634. The smallest absolute Gasteiger partial charge is 0.243 e. The number of aliphatic hydroxyl groups is 1. The van der Waals surface area contributed by atoms with Gasteiger partial charge in [0.15, 0.2) is 0 Å². The van der Waals surface area contributed by atoms with E-state index in [0.29, 0.717) is 12.4 Å². The van der Waals surface area contributed by atoms with Crippen molar-refractivity contribution in [2.75, 3.05) is 20.3 Å². The molecule has 6 heteroatoms. The highest BCUT2D eigenvalue weighted by Gasteiger charge is 2.24. The van der Waals surface area contributed by atoms with Gasteiger partial charge in [0.05, 0.1) is 18.1 Å². The zero-order valence-corrected chi connectivity index (χ0v) is 11.6. The minimum absolute atomic E-state index is 0.189. The molecule has 1 N–H and O–H groups in total. The van der Waals surface area contributed by atoms with Gasteiger partial charge in [-0.25, -0.2) is 8.42 Å². The molecule has 0 heterocycles. The highest BCUT2D eigenvalue weighted by atomic mass is 32.2. The van der Waals surface area contributed by atoms with E-state index in [4.69, 9.17) is 9.84 Å². The normalized spacial score (nSPS) is 13.6. The van der Waals surface area contributed by atoms with Crippen LogP contribution in [-0.4, -0.2) is 44.1 Å². The van der Waals surface area contributed by atoms with Gasteiger partial charge in [0, 0.05) is 13.1 Å². The molecule has 5 nitrogen and oxygen atoms in total. The van der Waals surface area contributed by atoms with E-state index in [1.54, 1.807) is 19.1 Å². The molecule has 1 aromatic rings. The molecular formula is C12H19NO4S. The highest BCUT2D eigenvalue weighted by Crippen LogP contribution is 2.20. The van der Waals surface area contributed by atoms with E-state index in [1.165, 1.54) is 19.2 Å². The average Bonchev–Trinajstić information content (AvgIpc) is 2.38. The van der Waals surface area contributed by atoms with E-state index in [0.717, 1.165) is 4.31 Å². The molecule has 102 valence electrons. The molecular weight excluding hydrogens is 254 g/mol. The van der Waals surface area contributed by atoms with Crippen molar-refractivity contribution >= 4 is 10.0 Å². The molecule has 0 fully saturated rings. The van der Waals surface area contributed by atoms with E-state index < -0.39 is 16.1 Å². The van der Waals surface area contributed by atoms with Crippen molar-refractivity contribution in [1.82, 2.24) is 4.31 Å². The summed E-state index contributed by atoms with van der Waals surface area (Å²) in [6.07, 6.45) is 0. The largest absolute Gasteiger partial charge is 0.494 e. The average molecular weight is 273 g/mol. The van der Waals surface area contributed by atoms with Gasteiger partial charge in [-0.1, -0.05) is 0 Å². The Balaban J connectivity index is 2.98. The van der Waals surface area contributed by atoms with Crippen molar-refractivity contribution in [3.05, 3.63) is 24.3 Å². The van der Waals surface area contributed by atoms with Crippen LogP contribution in [0, 0.1) is 0 Å². The Morgan fingerprint density at radius 2 is 1.89 bits per heavy atom. The summed E-state index contributed by atoms with van der Waals surface area (Å²) in [5, 5.41) is 9.00. The standard InChI is InChI=1S/C12H19NO4S/c1-4-17-11-5-7-12(8-6-11)18(15,16)13(3)10(2)9-14/h5-8,10,14H,4,9H2,1-3H3/t10-/m1/s1. The maximum absolute atomic E-state index is 12.2. The predicted octanol–water partition coefficient (Wildman–Crippen LogP) is 1.09. The molecule has 18 heavy (non-hydrogen) atoms. The number of rotatable bonds is 6. The van der Waals surface area contributed by atoms with Crippen molar-refractivity contribution in [2.45, 2.75) is 24.8 Å². The summed E-state index contributed by atoms with van der Waals surface area (Å²) in [6, 6.07) is 5.78. The molecule has 0 aliphatic rings. The Hall–Kier alpha value is -1.11. The first-order valence-electron chi connectivity index (χ1n) is 5.75. The van der Waals surface area contributed by atoms with E-state index in [2.05, 4.69) is 0 Å². The van der Waals surface area contributed by atoms with Gasteiger partial charge in [-0.2, -0.15) is 4.31 Å². The van der Waals surface area contributed by atoms with Crippen molar-refractivity contribution in [2.24, 2.45) is 0 Å². The molecule has 0 aliphatic carbocycles. The fraction of sp³-hybridized carbons (Fsp3) is 0.500. The van der Waals surface area contributed by atoms with Gasteiger partial charge in [0.25, 0.3) is 0 Å². The lowest BCUT2D eigenvalue weighted by molar-refractivity contribution is 0.214. The zero-order chi connectivity index (χ0) is 13.8. The summed E-state index contributed by atoms with van der Waals surface area (Å²) in [7, 11) is -2.11. The van der Waals surface area contributed by atoms with Gasteiger partial charge in [0.2, 0.25) is 10.0 Å². The Labute approximate surface area is 108 Å². The zero-order valence-electron chi connectivity index (χ0n) is 10.8. The van der Waals surface area contributed by atoms with Crippen LogP contribution in [0.15, 0.2) is 29.2 Å². The SMILES string of the molecule is CCOc1ccc(S(=O)(=O)N(C)[C@H](C)CO)cc1. The molecule has 0 unspecified atom stereocenters. The predicted molar refractivity (Wildman–Crippen MR) is 69.1 cm³/mol. The van der Waals surface area contributed by atoms with E-state index in [-0.39, 0.29) is 11.5 Å². The Bertz CT molecular complexity index is 469. The molecule has 0 radical (unpaired) electrons. The number of likely N-dealkylation sites (N-methyl/N-ethyl adjacent to an activating group) is 1. The number of nitrogens with zero attached hydrogens (tertiary/aromatic N) is 1. The van der Waals surface area contributed by atoms with Crippen LogP contribution in [0.5, 0.6) is 5.75 Å². The van der Waals surface area contributed by atoms with Crippen LogP contribution in [0.25, 0.3) is 0 Å². The van der Waals surface area contributed by atoms with Gasteiger partial charge in [0.1, 0.15) is 5.75 Å². The monoisotopic (exact) mass is 273 g/mol. The molecule has 0 bridgehead atoms. The van der Waals surface area contributed by atoms with Crippen LogP contribution in [-0.2, 0) is 10.0 Å². The van der Waals surface area contributed by atoms with Crippen molar-refractivity contribution in [3.63, 3.8) is 0 Å². The summed E-state index contributed by atoms with van der Waals surface area (Å²) in [5.41, 5.74) is 0. The third kappa shape index (κ3) is 3.22. The van der Waals surface area contributed by atoms with Gasteiger partial charge in [-0.15, -0.1) is 0 Å². The third-order valence-corrected chi connectivity index (χ3v) is 4.68. The molecule has 1 aromatic carbocycles. The molecule has 0 saturated heterocycles. The second-order valence-corrected chi connectivity index (χ2v) is 5.95. The first-order valence-corrected chi connectivity index (χ1v) is 7.19. The lowest BCUT2D eigenvalue weighted by atomic mass is 10.3. The van der Waals surface area contributed by atoms with E-state index >= 15 is 0 Å². The number of benzene rings is 1. The van der Waals surface area contributed by atoms with Gasteiger partial charge in [-0.05, 0) is 38.1 Å². The van der Waals surface area contributed by atoms with Crippen LogP contribution < -0.4 is 4.74 Å². The molecule has 0 aromatic heterocycles. The Kier molecular flexibility index (Phi) is 5.13. The first kappa shape index (κ1) is 14.9. The maximum Gasteiger partial charge on any atom is 0.243 e. The topological polar surface area (TPSA) is 66.8 Å². The molecule has 1 atom stereocenters. The Morgan fingerprint density at radius 3 is 2.33 bits per heavy atom. The van der Waals surface area contributed by atoms with Crippen molar-refractivity contribution in [1.29, 1.82) is 0 Å². The maximum atomic E-state index is 12.2. The summed E-state index contributed by atoms with van der Waals surface area (Å²) < 4.78 is 30.8. The lowest BCUT2D eigenvalue weighted by Crippen LogP contribution is -2.37. The highest BCUT2D eigenvalue weighted by molar-refractivity contribution is 7.89. The minimum atomic E-state index is -3.56. The minimum Gasteiger partial charge on any atom is -0.494 e. The van der Waals surface area contributed by atoms with Crippen LogP contribution in [0.2, 0.25) is 0 Å². The second kappa shape index (κ2) is 6.17. The quantitative estimate of drug-likeness (QED) is 0.842. The van der Waals surface area contributed by atoms with Crippen LogP contribution in [0.4, 0.5) is 0 Å². The van der Waals surface area contributed by atoms with E-state index in [9.17, 15) is 8.42 Å². The number of hydrogen-bond acceptors (Lipinski definition) is 4. The number of sulfonamides is 1. The summed E-state index contributed by atoms with van der Waals surface area (Å²) in [6.45, 7) is 3.83. The van der Waals surface area contributed by atoms with Gasteiger partial charge >= 0.3 is 0 Å². The van der Waals surface area contributed by atoms with E-state index in [1.807, 2.05) is 6.92 Å². The Morgan fingerprint density at radius 1 is 1.33 bits per heavy atom. The molecule has 0 aliphatic heterocycles. The fourth-order valence-corrected chi connectivity index (χ4v) is 2.75. The molecule has 0 amide bonds. The van der Waals surface area contributed by atoms with Crippen molar-refractivity contribution in [3.8, 4) is 5.75 Å². The van der Waals surface area contributed by atoms with Crippen molar-refractivity contribution < 1.29 is 18.3 Å². The number of hydrogen-bond donors (Lipinski definition) is 1. The van der Waals surface area contributed by atoms with Crippen LogP contribution >= 0.6 is 0 Å². The second-order valence-electron chi connectivity index (χ2n) is 3.96. The molecule has 0 spiro atoms. The van der Waals surface area contributed by atoms with Gasteiger partial charge < -0.3 is 9.84 Å². The summed E-state index contributed by atoms with van der Waals surface area (Å²) in [4.78, 5) is 0.189. The fourth-order valence-electron chi connectivity index (χ4n) is 1.39. The third-order valence-electron chi connectivity index (χ3n) is 2.70. The molecule has 0 saturated carbocycles. The van der Waals surface area contributed by atoms with Gasteiger partial charge in [-0.3, -0.25) is 0 Å². The summed E-state index contributed by atoms with van der Waals surface area (Å²) >= 11 is 0. The van der Waals surface area contributed by atoms with Crippen LogP contribution in [0.3, 0.4) is 0 Å². The lowest BCUT2D eigenvalue weighted by Gasteiger charge is -2.22. The number of ether oxygens (including phenoxy) is 1. The number of aliphatic hydroxyl groups excluding tert-OH is 1. The molecule has 1 rings (SSSR count). The van der Waals surface area contributed by atoms with Crippen LogP contribution in [0.1, 0.15) is 13.8 Å².